The van der Waals surface area contributed by atoms with E-state index in [1.54, 1.807) is 6.07 Å². The van der Waals surface area contributed by atoms with E-state index in [-0.39, 0.29) is 0 Å². The minimum Gasteiger partial charge on any atom is -0.508 e. The lowest BCUT2D eigenvalue weighted by Crippen LogP contribution is -2.46. The second kappa shape index (κ2) is 6.29. The molecule has 2 aromatic rings. The van der Waals surface area contributed by atoms with Crippen molar-refractivity contribution in [3.63, 3.8) is 0 Å². The van der Waals surface area contributed by atoms with Crippen LogP contribution in [0, 0.1) is 0 Å². The first-order valence-corrected chi connectivity index (χ1v) is 7.48. The molecule has 3 nitrogen and oxygen atoms in total. The van der Waals surface area contributed by atoms with Crippen molar-refractivity contribution in [3.05, 3.63) is 65.7 Å². The fourth-order valence-electron chi connectivity index (χ4n) is 3.00. The van der Waals surface area contributed by atoms with Crippen molar-refractivity contribution < 1.29 is 5.11 Å². The van der Waals surface area contributed by atoms with Gasteiger partial charge in [-0.25, -0.2) is 0 Å². The van der Waals surface area contributed by atoms with E-state index in [1.165, 1.54) is 5.56 Å². The average Bonchev–Trinajstić information content (AvgIpc) is 2.52. The number of rotatable bonds is 3. The van der Waals surface area contributed by atoms with E-state index >= 15 is 0 Å². The molecule has 2 aromatic carbocycles. The molecule has 1 heterocycles. The van der Waals surface area contributed by atoms with E-state index in [0.29, 0.717) is 11.8 Å². The molecule has 3 heteroatoms. The third kappa shape index (κ3) is 3.26. The zero-order chi connectivity index (χ0) is 14.7. The molecule has 0 bridgehead atoms. The predicted molar refractivity (Wildman–Crippen MR) is 85.2 cm³/mol. The van der Waals surface area contributed by atoms with Crippen LogP contribution in [0.5, 0.6) is 5.75 Å². The summed E-state index contributed by atoms with van der Waals surface area (Å²) in [5, 5.41) is 10.0. The Morgan fingerprint density at radius 2 is 1.71 bits per heavy atom. The lowest BCUT2D eigenvalue weighted by atomic mass is 10.0. The molecule has 0 radical (unpaired) electrons. The van der Waals surface area contributed by atoms with E-state index in [1.807, 2.05) is 18.2 Å². The van der Waals surface area contributed by atoms with Gasteiger partial charge in [0.2, 0.25) is 0 Å². The van der Waals surface area contributed by atoms with Crippen LogP contribution in [0.4, 0.5) is 0 Å². The fraction of sp³-hybridized carbons (Fsp3) is 0.333. The van der Waals surface area contributed by atoms with Crippen molar-refractivity contribution >= 4 is 0 Å². The van der Waals surface area contributed by atoms with Gasteiger partial charge in [0.25, 0.3) is 0 Å². The molecule has 21 heavy (non-hydrogen) atoms. The standard InChI is InChI=1S/C18H22N2O/c1-19-11-12-20(13-16-9-5-6-10-18(16)21)17(14-19)15-7-3-2-4-8-15/h2-10,17,21H,11-14H2,1H3. The third-order valence-electron chi connectivity index (χ3n) is 4.24. The summed E-state index contributed by atoms with van der Waals surface area (Å²) < 4.78 is 0. The van der Waals surface area contributed by atoms with Crippen molar-refractivity contribution in [2.75, 3.05) is 26.7 Å². The zero-order valence-corrected chi connectivity index (χ0v) is 12.4. The number of phenols is 1. The summed E-state index contributed by atoms with van der Waals surface area (Å²) in [7, 11) is 2.17. The van der Waals surface area contributed by atoms with Crippen molar-refractivity contribution in [1.29, 1.82) is 0 Å². The maximum atomic E-state index is 10.0. The first-order chi connectivity index (χ1) is 10.2. The number of piperazine rings is 1. The second-order valence-electron chi connectivity index (χ2n) is 5.79. The highest BCUT2D eigenvalue weighted by Crippen LogP contribution is 2.28. The van der Waals surface area contributed by atoms with Crippen LogP contribution in [0.3, 0.4) is 0 Å². The Kier molecular flexibility index (Phi) is 4.23. The van der Waals surface area contributed by atoms with Gasteiger partial charge in [-0.1, -0.05) is 48.5 Å². The van der Waals surface area contributed by atoms with E-state index < -0.39 is 0 Å². The van der Waals surface area contributed by atoms with Crippen LogP contribution in [0.1, 0.15) is 17.2 Å². The molecular formula is C18H22N2O. The molecule has 1 aliphatic rings. The second-order valence-corrected chi connectivity index (χ2v) is 5.79. The largest absolute Gasteiger partial charge is 0.508 e. The van der Waals surface area contributed by atoms with E-state index in [2.05, 4.69) is 47.2 Å². The molecule has 1 atom stereocenters. The Hall–Kier alpha value is -1.84. The molecule has 0 spiro atoms. The molecule has 1 fully saturated rings. The highest BCUT2D eigenvalue weighted by Gasteiger charge is 2.26. The normalized spacial score (nSPS) is 20.5. The molecule has 1 aliphatic heterocycles. The molecule has 1 saturated heterocycles. The maximum Gasteiger partial charge on any atom is 0.120 e. The summed E-state index contributed by atoms with van der Waals surface area (Å²) >= 11 is 0. The Morgan fingerprint density at radius 1 is 1.00 bits per heavy atom. The van der Waals surface area contributed by atoms with Gasteiger partial charge in [-0.15, -0.1) is 0 Å². The predicted octanol–water partition coefficient (Wildman–Crippen LogP) is 2.88. The maximum absolute atomic E-state index is 10.0. The molecule has 3 rings (SSSR count). The number of likely N-dealkylation sites (N-methyl/N-ethyl adjacent to an activating group) is 1. The fourth-order valence-corrected chi connectivity index (χ4v) is 3.00. The summed E-state index contributed by atoms with van der Waals surface area (Å²) in [6.45, 7) is 3.90. The Balaban J connectivity index is 1.83. The summed E-state index contributed by atoms with van der Waals surface area (Å²) in [5.74, 6) is 0.392. The van der Waals surface area contributed by atoms with Gasteiger partial charge >= 0.3 is 0 Å². The van der Waals surface area contributed by atoms with Gasteiger partial charge in [-0.05, 0) is 18.7 Å². The third-order valence-corrected chi connectivity index (χ3v) is 4.24. The Bertz CT molecular complexity index is 585. The molecule has 0 aromatic heterocycles. The summed E-state index contributed by atoms with van der Waals surface area (Å²) in [5.41, 5.74) is 2.35. The van der Waals surface area contributed by atoms with Crippen molar-refractivity contribution in [1.82, 2.24) is 9.80 Å². The van der Waals surface area contributed by atoms with Crippen LogP contribution < -0.4 is 0 Å². The van der Waals surface area contributed by atoms with Crippen LogP contribution in [-0.2, 0) is 6.54 Å². The molecule has 110 valence electrons. The number of hydrogen-bond acceptors (Lipinski definition) is 3. The van der Waals surface area contributed by atoms with Crippen LogP contribution in [0.15, 0.2) is 54.6 Å². The van der Waals surface area contributed by atoms with Gasteiger partial charge in [0.1, 0.15) is 5.75 Å². The SMILES string of the molecule is CN1CCN(Cc2ccccc2O)C(c2ccccc2)C1. The summed E-state index contributed by atoms with van der Waals surface area (Å²) in [6, 6.07) is 18.7. The molecule has 1 unspecified atom stereocenters. The van der Waals surface area contributed by atoms with Crippen LogP contribution in [0.25, 0.3) is 0 Å². The van der Waals surface area contributed by atoms with Gasteiger partial charge in [-0.3, -0.25) is 4.90 Å². The van der Waals surface area contributed by atoms with E-state index in [9.17, 15) is 5.11 Å². The molecule has 0 saturated carbocycles. The summed E-state index contributed by atoms with van der Waals surface area (Å²) in [6.07, 6.45) is 0. The van der Waals surface area contributed by atoms with E-state index in [0.717, 1.165) is 31.7 Å². The first kappa shape index (κ1) is 14.1. The van der Waals surface area contributed by atoms with Crippen LogP contribution in [-0.4, -0.2) is 41.6 Å². The van der Waals surface area contributed by atoms with Gasteiger partial charge in [-0.2, -0.15) is 0 Å². The molecule has 0 amide bonds. The quantitative estimate of drug-likeness (QED) is 0.937. The Morgan fingerprint density at radius 3 is 2.48 bits per heavy atom. The number of nitrogens with zero attached hydrogens (tertiary/aromatic N) is 2. The molecule has 0 aliphatic carbocycles. The van der Waals surface area contributed by atoms with Gasteiger partial charge in [0.15, 0.2) is 0 Å². The van der Waals surface area contributed by atoms with Gasteiger partial charge in [0.05, 0.1) is 0 Å². The monoisotopic (exact) mass is 282 g/mol. The number of aromatic hydroxyl groups is 1. The minimum atomic E-state index is 0.379. The Labute approximate surface area is 126 Å². The van der Waals surface area contributed by atoms with Crippen LogP contribution in [0.2, 0.25) is 0 Å². The summed E-state index contributed by atoms with van der Waals surface area (Å²) in [4.78, 5) is 4.84. The number of hydrogen-bond donors (Lipinski definition) is 1. The minimum absolute atomic E-state index is 0.379. The van der Waals surface area contributed by atoms with Gasteiger partial charge < -0.3 is 10.0 Å². The van der Waals surface area contributed by atoms with E-state index in [4.69, 9.17) is 0 Å². The topological polar surface area (TPSA) is 26.7 Å². The number of phenolic OH excluding ortho intramolecular Hbond substituents is 1. The lowest BCUT2D eigenvalue weighted by molar-refractivity contribution is 0.0827. The van der Waals surface area contributed by atoms with Crippen molar-refractivity contribution in [2.24, 2.45) is 0 Å². The van der Waals surface area contributed by atoms with Crippen LogP contribution >= 0.6 is 0 Å². The average molecular weight is 282 g/mol. The van der Waals surface area contributed by atoms with Gasteiger partial charge in [0, 0.05) is 37.8 Å². The first-order valence-electron chi connectivity index (χ1n) is 7.48. The zero-order valence-electron chi connectivity index (χ0n) is 12.4. The smallest absolute Gasteiger partial charge is 0.120 e. The highest BCUT2D eigenvalue weighted by molar-refractivity contribution is 5.32. The molecule has 1 N–H and O–H groups in total. The van der Waals surface area contributed by atoms with Crippen molar-refractivity contribution in [2.45, 2.75) is 12.6 Å². The number of para-hydroxylation sites is 1. The lowest BCUT2D eigenvalue weighted by Gasteiger charge is -2.40. The van der Waals surface area contributed by atoms with Crippen molar-refractivity contribution in [3.8, 4) is 5.75 Å². The molecular weight excluding hydrogens is 260 g/mol. The highest BCUT2D eigenvalue weighted by atomic mass is 16.3. The number of benzene rings is 2.